The molecule has 0 amide bonds. The van der Waals surface area contributed by atoms with E-state index in [9.17, 15) is 0 Å². The monoisotopic (exact) mass is 878 g/mol. The van der Waals surface area contributed by atoms with E-state index >= 15 is 0 Å². The first-order chi connectivity index (χ1) is 34.2. The first-order valence-electron chi connectivity index (χ1n) is 23.5. The van der Waals surface area contributed by atoms with Crippen molar-refractivity contribution in [3.63, 3.8) is 0 Å². The number of hydrogen-bond acceptors (Lipinski definition) is 4. The average Bonchev–Trinajstić information content (AvgIpc) is 4.15. The standard InChI is InChI=1S/C64H38N4O/c1-2-17-39(18-3-1)61-65-62(67-63(66-61)50-27-15-31-54-59(50)48-24-6-11-30-53(48)64(54)51-28-9-4-21-44(51)45-22-5-10-29-52(45)64)41-19-14-20-42(37-41)68-55-32-12-7-23-46(55)47-36-35-40(38-56(47)68)43-26-16-34-58-60(43)49-25-8-13-33-57(49)69-58/h1-38H. The fraction of sp³-hybridized carbons (Fsp3) is 0.0156. The van der Waals surface area contributed by atoms with Gasteiger partial charge >= 0.3 is 0 Å². The molecule has 0 bridgehead atoms. The van der Waals surface area contributed by atoms with Gasteiger partial charge in [-0.15, -0.1) is 0 Å². The smallest absolute Gasteiger partial charge is 0.164 e. The Hall–Kier alpha value is -9.19. The van der Waals surface area contributed by atoms with E-state index in [1.54, 1.807) is 0 Å². The molecule has 1 spiro atoms. The van der Waals surface area contributed by atoms with Crippen LogP contribution in [0.1, 0.15) is 22.3 Å². The highest BCUT2D eigenvalue weighted by molar-refractivity contribution is 6.15. The molecule has 3 aromatic heterocycles. The van der Waals surface area contributed by atoms with Gasteiger partial charge < -0.3 is 8.98 Å². The zero-order chi connectivity index (χ0) is 45.2. The Morgan fingerprint density at radius 1 is 0.333 bits per heavy atom. The summed E-state index contributed by atoms with van der Waals surface area (Å²) in [6.07, 6.45) is 0. The Balaban J connectivity index is 0.934. The van der Waals surface area contributed by atoms with Crippen molar-refractivity contribution < 1.29 is 4.42 Å². The van der Waals surface area contributed by atoms with E-state index in [-0.39, 0.29) is 0 Å². The molecular formula is C64H38N4O. The summed E-state index contributed by atoms with van der Waals surface area (Å²) >= 11 is 0. The SMILES string of the molecule is c1ccc(-c2nc(-c3cccc(-n4c5ccccc5c5ccc(-c6cccc7oc8ccccc8c67)cc54)c3)nc(-c3cccc4c3-c3ccccc3C43c4ccccc4-c4ccccc43)n2)cc1. The zero-order valence-corrected chi connectivity index (χ0v) is 37.1. The lowest BCUT2D eigenvalue weighted by molar-refractivity contribution is 0.669. The van der Waals surface area contributed by atoms with Gasteiger partial charge in [-0.1, -0.05) is 194 Å². The molecule has 2 aliphatic carbocycles. The van der Waals surface area contributed by atoms with Gasteiger partial charge in [-0.05, 0) is 92.0 Å². The molecule has 0 fully saturated rings. The molecular weight excluding hydrogens is 841 g/mol. The number of benzene rings is 10. The molecule has 69 heavy (non-hydrogen) atoms. The average molecular weight is 879 g/mol. The third-order valence-electron chi connectivity index (χ3n) is 14.7. The predicted octanol–water partition coefficient (Wildman–Crippen LogP) is 15.9. The van der Waals surface area contributed by atoms with Crippen LogP contribution in [0.25, 0.3) is 117 Å². The number of hydrogen-bond donors (Lipinski definition) is 0. The molecule has 5 heteroatoms. The van der Waals surface area contributed by atoms with Crippen LogP contribution >= 0.6 is 0 Å². The number of furan rings is 1. The molecule has 0 radical (unpaired) electrons. The van der Waals surface area contributed by atoms with Gasteiger partial charge in [0, 0.05) is 43.9 Å². The lowest BCUT2D eigenvalue weighted by Gasteiger charge is -2.30. The van der Waals surface area contributed by atoms with Crippen molar-refractivity contribution in [3.05, 3.63) is 253 Å². The molecule has 0 atom stereocenters. The highest BCUT2D eigenvalue weighted by Gasteiger charge is 2.52. The molecule has 0 saturated carbocycles. The maximum Gasteiger partial charge on any atom is 0.164 e. The van der Waals surface area contributed by atoms with Crippen LogP contribution in [0.3, 0.4) is 0 Å². The topological polar surface area (TPSA) is 56.7 Å². The van der Waals surface area contributed by atoms with Crippen LogP contribution in [0.5, 0.6) is 0 Å². The summed E-state index contributed by atoms with van der Waals surface area (Å²) in [4.78, 5) is 16.1. The van der Waals surface area contributed by atoms with Gasteiger partial charge in [-0.25, -0.2) is 15.0 Å². The lowest BCUT2D eigenvalue weighted by atomic mass is 9.70. The number of aromatic nitrogens is 4. The van der Waals surface area contributed by atoms with Crippen molar-refractivity contribution >= 4 is 43.7 Å². The first-order valence-corrected chi connectivity index (χ1v) is 23.5. The Morgan fingerprint density at radius 3 is 1.70 bits per heavy atom. The highest BCUT2D eigenvalue weighted by Crippen LogP contribution is 2.63. The summed E-state index contributed by atoms with van der Waals surface area (Å²) in [5.74, 6) is 1.87. The van der Waals surface area contributed by atoms with Crippen molar-refractivity contribution in [3.8, 4) is 73.2 Å². The maximum absolute atomic E-state index is 6.33. The van der Waals surface area contributed by atoms with E-state index in [4.69, 9.17) is 19.4 Å². The van der Waals surface area contributed by atoms with Crippen LogP contribution in [0.2, 0.25) is 0 Å². The molecule has 5 nitrogen and oxygen atoms in total. The minimum absolute atomic E-state index is 0.484. The van der Waals surface area contributed by atoms with Gasteiger partial charge in [0.05, 0.1) is 16.4 Å². The summed E-state index contributed by atoms with van der Waals surface area (Å²) in [6, 6.07) is 82.5. The van der Waals surface area contributed by atoms with E-state index < -0.39 is 5.41 Å². The lowest BCUT2D eigenvalue weighted by Crippen LogP contribution is -2.25. The predicted molar refractivity (Wildman–Crippen MR) is 279 cm³/mol. The second-order valence-electron chi connectivity index (χ2n) is 18.2. The van der Waals surface area contributed by atoms with E-state index in [1.165, 1.54) is 49.7 Å². The molecule has 0 unspecified atom stereocenters. The number of rotatable bonds is 5. The van der Waals surface area contributed by atoms with Crippen molar-refractivity contribution in [1.82, 2.24) is 19.5 Å². The zero-order valence-electron chi connectivity index (χ0n) is 37.1. The van der Waals surface area contributed by atoms with Crippen LogP contribution in [-0.2, 0) is 5.41 Å². The quantitative estimate of drug-likeness (QED) is 0.173. The molecule has 2 aliphatic rings. The highest BCUT2D eigenvalue weighted by atomic mass is 16.3. The van der Waals surface area contributed by atoms with E-state index in [1.807, 2.05) is 30.3 Å². The number of fused-ring (bicyclic) bond motifs is 16. The van der Waals surface area contributed by atoms with Gasteiger partial charge in [0.2, 0.25) is 0 Å². The Morgan fingerprint density at radius 2 is 0.884 bits per heavy atom. The summed E-state index contributed by atoms with van der Waals surface area (Å²) in [6.45, 7) is 0. The van der Waals surface area contributed by atoms with Crippen molar-refractivity contribution in [1.29, 1.82) is 0 Å². The Kier molecular flexibility index (Phi) is 7.93. The van der Waals surface area contributed by atoms with Gasteiger partial charge in [-0.2, -0.15) is 0 Å². The second kappa shape index (κ2) is 14.4. The van der Waals surface area contributed by atoms with Gasteiger partial charge in [0.1, 0.15) is 11.2 Å². The molecule has 3 heterocycles. The van der Waals surface area contributed by atoms with Crippen LogP contribution in [0, 0.1) is 0 Å². The fourth-order valence-electron chi connectivity index (χ4n) is 11.9. The van der Waals surface area contributed by atoms with Crippen LogP contribution in [-0.4, -0.2) is 19.5 Å². The van der Waals surface area contributed by atoms with Gasteiger partial charge in [-0.3, -0.25) is 0 Å². The van der Waals surface area contributed by atoms with Crippen molar-refractivity contribution in [2.45, 2.75) is 5.41 Å². The molecule has 15 rings (SSSR count). The molecule has 0 aliphatic heterocycles. The third-order valence-corrected chi connectivity index (χ3v) is 14.7. The summed E-state index contributed by atoms with van der Waals surface area (Å²) in [5.41, 5.74) is 19.6. The van der Waals surface area contributed by atoms with E-state index in [0.717, 1.165) is 72.0 Å². The van der Waals surface area contributed by atoms with Crippen LogP contribution < -0.4 is 0 Å². The Labute approximate surface area is 397 Å². The van der Waals surface area contributed by atoms with Crippen molar-refractivity contribution in [2.24, 2.45) is 0 Å². The Bertz CT molecular complexity index is 4230. The molecule has 0 saturated heterocycles. The number of para-hydroxylation sites is 2. The van der Waals surface area contributed by atoms with E-state index in [2.05, 4.69) is 205 Å². The summed E-state index contributed by atoms with van der Waals surface area (Å²) in [7, 11) is 0. The summed E-state index contributed by atoms with van der Waals surface area (Å²) < 4.78 is 8.71. The molecule has 320 valence electrons. The second-order valence-corrected chi connectivity index (χ2v) is 18.2. The molecule has 0 N–H and O–H groups in total. The largest absolute Gasteiger partial charge is 0.456 e. The first kappa shape index (κ1) is 38.0. The fourth-order valence-corrected chi connectivity index (χ4v) is 11.9. The van der Waals surface area contributed by atoms with Crippen LogP contribution in [0.4, 0.5) is 0 Å². The summed E-state index contributed by atoms with van der Waals surface area (Å²) in [5, 5.41) is 4.61. The van der Waals surface area contributed by atoms with Crippen LogP contribution in [0.15, 0.2) is 235 Å². The molecule has 10 aromatic carbocycles. The maximum atomic E-state index is 6.33. The minimum Gasteiger partial charge on any atom is -0.456 e. The minimum atomic E-state index is -0.484. The third kappa shape index (κ3) is 5.32. The van der Waals surface area contributed by atoms with Gasteiger partial charge in [0.25, 0.3) is 0 Å². The van der Waals surface area contributed by atoms with Crippen molar-refractivity contribution in [2.75, 3.05) is 0 Å². The number of nitrogens with zero attached hydrogens (tertiary/aromatic N) is 4. The molecule has 13 aromatic rings. The van der Waals surface area contributed by atoms with Gasteiger partial charge in [0.15, 0.2) is 17.5 Å². The van der Waals surface area contributed by atoms with E-state index in [0.29, 0.717) is 17.5 Å². The normalized spacial score (nSPS) is 13.0.